The number of rotatable bonds is 2. The molecule has 0 amide bonds. The normalized spacial score (nSPS) is 24.5. The zero-order valence-electron chi connectivity index (χ0n) is 11.9. The Morgan fingerprint density at radius 2 is 2.00 bits per heavy atom. The first-order valence-electron chi connectivity index (χ1n) is 7.56. The number of hydrogen-bond donors (Lipinski definition) is 1. The Labute approximate surface area is 123 Å². The molecular formula is C16H19N3O2. The first-order valence-corrected chi connectivity index (χ1v) is 7.56. The molecule has 0 radical (unpaired) electrons. The van der Waals surface area contributed by atoms with Gasteiger partial charge in [0, 0.05) is 6.42 Å². The number of para-hydroxylation sites is 2. The van der Waals surface area contributed by atoms with Crippen LogP contribution in [0.15, 0.2) is 30.5 Å². The fourth-order valence-corrected chi connectivity index (χ4v) is 3.28. The van der Waals surface area contributed by atoms with Gasteiger partial charge in [-0.2, -0.15) is 0 Å². The molecule has 0 aliphatic carbocycles. The van der Waals surface area contributed by atoms with Crippen LogP contribution in [0.2, 0.25) is 0 Å². The van der Waals surface area contributed by atoms with E-state index in [1.807, 2.05) is 24.3 Å². The fraction of sp³-hybridized carbons (Fsp3) is 0.500. The van der Waals surface area contributed by atoms with Crippen molar-refractivity contribution >= 4 is 11.0 Å². The molecule has 1 aromatic carbocycles. The van der Waals surface area contributed by atoms with Crippen LogP contribution in [-0.2, 0) is 4.74 Å². The topological polar surface area (TPSA) is 56.3 Å². The Bertz CT molecular complexity index is 640. The summed E-state index contributed by atoms with van der Waals surface area (Å²) in [7, 11) is 0. The smallest absolute Gasteiger partial charge is 0.233 e. The lowest BCUT2D eigenvalue weighted by atomic mass is 9.89. The van der Waals surface area contributed by atoms with Gasteiger partial charge in [-0.3, -0.25) is 0 Å². The van der Waals surface area contributed by atoms with Crippen LogP contribution in [0.3, 0.4) is 0 Å². The van der Waals surface area contributed by atoms with E-state index in [1.54, 1.807) is 6.20 Å². The molecule has 1 spiro atoms. The van der Waals surface area contributed by atoms with Crippen LogP contribution in [0.25, 0.3) is 11.0 Å². The van der Waals surface area contributed by atoms with Crippen LogP contribution in [0, 0.1) is 0 Å². The lowest BCUT2D eigenvalue weighted by Crippen LogP contribution is -2.41. The Morgan fingerprint density at radius 3 is 2.86 bits per heavy atom. The van der Waals surface area contributed by atoms with Crippen molar-refractivity contribution in [2.45, 2.75) is 31.0 Å². The lowest BCUT2D eigenvalue weighted by molar-refractivity contribution is -0.0205. The molecule has 110 valence electrons. The quantitative estimate of drug-likeness (QED) is 0.913. The van der Waals surface area contributed by atoms with Gasteiger partial charge in [0.2, 0.25) is 5.88 Å². The summed E-state index contributed by atoms with van der Waals surface area (Å²) in [5.41, 5.74) is 1.77. The molecule has 2 saturated heterocycles. The van der Waals surface area contributed by atoms with Crippen molar-refractivity contribution in [1.29, 1.82) is 0 Å². The number of nitrogens with zero attached hydrogens (tertiary/aromatic N) is 2. The molecule has 4 rings (SSSR count). The number of aromatic nitrogens is 2. The van der Waals surface area contributed by atoms with E-state index in [0.29, 0.717) is 12.5 Å². The van der Waals surface area contributed by atoms with E-state index in [2.05, 4.69) is 15.3 Å². The molecule has 1 atom stereocenters. The highest BCUT2D eigenvalue weighted by atomic mass is 16.6. The van der Waals surface area contributed by atoms with Crippen molar-refractivity contribution in [3.05, 3.63) is 30.5 Å². The lowest BCUT2D eigenvalue weighted by Gasteiger charge is -2.32. The third kappa shape index (κ3) is 2.59. The van der Waals surface area contributed by atoms with Gasteiger partial charge in [-0.05, 0) is 38.1 Å². The molecule has 2 aliphatic rings. The van der Waals surface area contributed by atoms with Gasteiger partial charge in [-0.15, -0.1) is 0 Å². The van der Waals surface area contributed by atoms with Crippen LogP contribution in [0.5, 0.6) is 5.88 Å². The standard InChI is InChI=1S/C16H19N3O2/c1-2-4-14-13(3-1)18-10-15(19-14)21-12-9-16(20-11-12)5-7-17-8-6-16/h1-4,10,12,17H,5-9,11H2. The SMILES string of the molecule is c1ccc2nc(OC3COC4(CCNCC4)C3)cnc2c1. The second-order valence-corrected chi connectivity index (χ2v) is 5.88. The van der Waals surface area contributed by atoms with Crippen LogP contribution >= 0.6 is 0 Å². The van der Waals surface area contributed by atoms with Crippen LogP contribution < -0.4 is 10.1 Å². The average Bonchev–Trinajstić information content (AvgIpc) is 2.90. The number of hydrogen-bond acceptors (Lipinski definition) is 5. The summed E-state index contributed by atoms with van der Waals surface area (Å²) in [4.78, 5) is 8.91. The minimum atomic E-state index is 0.0141. The number of ether oxygens (including phenoxy) is 2. The molecule has 0 bridgehead atoms. The molecule has 1 aromatic heterocycles. The fourth-order valence-electron chi connectivity index (χ4n) is 3.28. The summed E-state index contributed by atoms with van der Waals surface area (Å²) in [6.07, 6.45) is 4.87. The number of benzene rings is 1. The van der Waals surface area contributed by atoms with Gasteiger partial charge >= 0.3 is 0 Å². The van der Waals surface area contributed by atoms with Crippen molar-refractivity contribution in [2.24, 2.45) is 0 Å². The van der Waals surface area contributed by atoms with Gasteiger partial charge in [0.1, 0.15) is 6.10 Å². The van der Waals surface area contributed by atoms with Crippen molar-refractivity contribution in [1.82, 2.24) is 15.3 Å². The summed E-state index contributed by atoms with van der Waals surface area (Å²) in [5.74, 6) is 0.591. The molecule has 1 unspecified atom stereocenters. The molecular weight excluding hydrogens is 266 g/mol. The van der Waals surface area contributed by atoms with E-state index >= 15 is 0 Å². The summed E-state index contributed by atoms with van der Waals surface area (Å²) >= 11 is 0. The first-order chi connectivity index (χ1) is 10.3. The zero-order chi connectivity index (χ0) is 14.1. The average molecular weight is 285 g/mol. The predicted molar refractivity (Wildman–Crippen MR) is 79.4 cm³/mol. The number of piperidine rings is 1. The first kappa shape index (κ1) is 13.0. The molecule has 5 nitrogen and oxygen atoms in total. The van der Waals surface area contributed by atoms with E-state index in [9.17, 15) is 0 Å². The Hall–Kier alpha value is -1.72. The Balaban J connectivity index is 1.48. The molecule has 2 aromatic rings. The second-order valence-electron chi connectivity index (χ2n) is 5.88. The third-order valence-electron chi connectivity index (χ3n) is 4.40. The summed E-state index contributed by atoms with van der Waals surface area (Å²) in [5, 5.41) is 3.38. The van der Waals surface area contributed by atoms with Gasteiger partial charge in [0.05, 0.1) is 29.4 Å². The van der Waals surface area contributed by atoms with E-state index in [-0.39, 0.29) is 11.7 Å². The highest BCUT2D eigenvalue weighted by Crippen LogP contribution is 2.35. The van der Waals surface area contributed by atoms with Gasteiger partial charge in [0.15, 0.2) is 0 Å². The van der Waals surface area contributed by atoms with Crippen molar-refractivity contribution in [3.63, 3.8) is 0 Å². The minimum Gasteiger partial charge on any atom is -0.471 e. The monoisotopic (exact) mass is 285 g/mol. The minimum absolute atomic E-state index is 0.0141. The largest absolute Gasteiger partial charge is 0.471 e. The summed E-state index contributed by atoms with van der Waals surface area (Å²) in [6, 6.07) is 7.83. The van der Waals surface area contributed by atoms with Crippen molar-refractivity contribution in [3.8, 4) is 5.88 Å². The molecule has 3 heterocycles. The van der Waals surface area contributed by atoms with Crippen molar-refractivity contribution in [2.75, 3.05) is 19.7 Å². The predicted octanol–water partition coefficient (Wildman–Crippen LogP) is 1.92. The highest BCUT2D eigenvalue weighted by Gasteiger charge is 2.42. The summed E-state index contributed by atoms with van der Waals surface area (Å²) < 4.78 is 12.0. The second kappa shape index (κ2) is 5.24. The van der Waals surface area contributed by atoms with Gasteiger partial charge in [-0.1, -0.05) is 12.1 Å². The van der Waals surface area contributed by atoms with Crippen LogP contribution in [0.1, 0.15) is 19.3 Å². The highest BCUT2D eigenvalue weighted by molar-refractivity contribution is 5.73. The van der Waals surface area contributed by atoms with Crippen LogP contribution in [0.4, 0.5) is 0 Å². The maximum absolute atomic E-state index is 6.04. The van der Waals surface area contributed by atoms with E-state index < -0.39 is 0 Å². The van der Waals surface area contributed by atoms with Crippen LogP contribution in [-0.4, -0.2) is 41.4 Å². The zero-order valence-corrected chi connectivity index (χ0v) is 11.9. The van der Waals surface area contributed by atoms with E-state index in [1.165, 1.54) is 0 Å². The van der Waals surface area contributed by atoms with E-state index in [4.69, 9.17) is 9.47 Å². The molecule has 2 fully saturated rings. The van der Waals surface area contributed by atoms with Gasteiger partial charge in [-0.25, -0.2) is 9.97 Å². The molecule has 2 aliphatic heterocycles. The van der Waals surface area contributed by atoms with Gasteiger partial charge < -0.3 is 14.8 Å². The Morgan fingerprint density at radius 1 is 1.19 bits per heavy atom. The maximum Gasteiger partial charge on any atom is 0.233 e. The number of nitrogens with one attached hydrogen (secondary N) is 1. The Kier molecular flexibility index (Phi) is 3.24. The maximum atomic E-state index is 6.04. The van der Waals surface area contributed by atoms with E-state index in [0.717, 1.165) is 43.4 Å². The molecule has 1 N–H and O–H groups in total. The number of fused-ring (bicyclic) bond motifs is 1. The molecule has 0 saturated carbocycles. The molecule has 21 heavy (non-hydrogen) atoms. The van der Waals surface area contributed by atoms with Gasteiger partial charge in [0.25, 0.3) is 0 Å². The summed E-state index contributed by atoms with van der Waals surface area (Å²) in [6.45, 7) is 2.71. The molecule has 5 heteroatoms. The van der Waals surface area contributed by atoms with Crippen molar-refractivity contribution < 1.29 is 9.47 Å². The third-order valence-corrected chi connectivity index (χ3v) is 4.40.